The van der Waals surface area contributed by atoms with Crippen LogP contribution < -0.4 is 19.5 Å². The van der Waals surface area contributed by atoms with Crippen molar-refractivity contribution in [1.82, 2.24) is 0 Å². The lowest BCUT2D eigenvalue weighted by atomic mass is 10.2. The van der Waals surface area contributed by atoms with Crippen LogP contribution in [0.5, 0.6) is 17.2 Å². The molecular weight excluding hydrogens is 362 g/mol. The predicted octanol–water partition coefficient (Wildman–Crippen LogP) is 2.67. The highest BCUT2D eigenvalue weighted by Gasteiger charge is 2.14. The molecule has 0 fully saturated rings. The lowest BCUT2D eigenvalue weighted by Gasteiger charge is -2.19. The van der Waals surface area contributed by atoms with E-state index in [-0.39, 0.29) is 6.61 Å². The molecule has 0 spiro atoms. The molecule has 26 heavy (non-hydrogen) atoms. The van der Waals surface area contributed by atoms with Crippen LogP contribution in [0.3, 0.4) is 0 Å². The zero-order valence-corrected chi connectivity index (χ0v) is 14.5. The van der Waals surface area contributed by atoms with Gasteiger partial charge in [0.05, 0.1) is 0 Å². The number of esters is 1. The van der Waals surface area contributed by atoms with Gasteiger partial charge in [-0.3, -0.25) is 4.79 Å². The van der Waals surface area contributed by atoms with Gasteiger partial charge in [0.15, 0.2) is 24.7 Å². The molecule has 0 atom stereocenters. The number of amides is 1. The Morgan fingerprint density at radius 3 is 2.65 bits per heavy atom. The predicted molar refractivity (Wildman–Crippen MR) is 94.0 cm³/mol. The van der Waals surface area contributed by atoms with E-state index in [1.165, 1.54) is 0 Å². The minimum atomic E-state index is -0.665. The molecule has 1 aliphatic heterocycles. The van der Waals surface area contributed by atoms with E-state index >= 15 is 0 Å². The van der Waals surface area contributed by atoms with Gasteiger partial charge in [0.1, 0.15) is 19.0 Å². The lowest BCUT2D eigenvalue weighted by molar-refractivity contribution is -0.149. The molecule has 1 amide bonds. The zero-order valence-electron chi connectivity index (χ0n) is 13.7. The number of nitrogens with one attached hydrogen (secondary N) is 1. The molecule has 0 bridgehead atoms. The van der Waals surface area contributed by atoms with Gasteiger partial charge in [0, 0.05) is 16.8 Å². The van der Waals surface area contributed by atoms with Crippen LogP contribution in [0.2, 0.25) is 5.02 Å². The fraction of sp³-hybridized carbons (Fsp3) is 0.222. The van der Waals surface area contributed by atoms with Crippen LogP contribution in [0, 0.1) is 0 Å². The molecule has 1 N–H and O–H groups in total. The highest BCUT2D eigenvalue weighted by Crippen LogP contribution is 2.32. The molecule has 2 aromatic carbocycles. The van der Waals surface area contributed by atoms with E-state index in [1.807, 2.05) is 0 Å². The van der Waals surface area contributed by atoms with Gasteiger partial charge in [0.2, 0.25) is 0 Å². The van der Waals surface area contributed by atoms with Gasteiger partial charge >= 0.3 is 5.97 Å². The Labute approximate surface area is 154 Å². The standard InChI is InChI=1S/C18H16ClNO6/c19-12-2-1-3-14(8-12)25-11-18(22)26-10-17(21)20-13-4-5-15-16(9-13)24-7-6-23-15/h1-5,8-9H,6-7,10-11H2,(H,20,21). The number of carbonyl (C=O) groups excluding carboxylic acids is 2. The van der Waals surface area contributed by atoms with Gasteiger partial charge in [-0.15, -0.1) is 0 Å². The third-order valence-electron chi connectivity index (χ3n) is 3.34. The van der Waals surface area contributed by atoms with E-state index in [9.17, 15) is 9.59 Å². The third kappa shape index (κ3) is 5.03. The number of ether oxygens (including phenoxy) is 4. The molecule has 7 nitrogen and oxygen atoms in total. The molecule has 8 heteroatoms. The molecule has 0 radical (unpaired) electrons. The summed E-state index contributed by atoms with van der Waals surface area (Å²) in [6.45, 7) is 0.199. The Kier molecular flexibility index (Phi) is 5.80. The average Bonchev–Trinajstić information content (AvgIpc) is 2.65. The Hall–Kier alpha value is -2.93. The molecule has 0 unspecified atom stereocenters. The van der Waals surface area contributed by atoms with E-state index in [0.717, 1.165) is 0 Å². The second-order valence-corrected chi connectivity index (χ2v) is 5.75. The van der Waals surface area contributed by atoms with Gasteiger partial charge < -0.3 is 24.3 Å². The summed E-state index contributed by atoms with van der Waals surface area (Å²) in [5, 5.41) is 3.11. The summed E-state index contributed by atoms with van der Waals surface area (Å²) in [5.74, 6) is 0.482. The fourth-order valence-corrected chi connectivity index (χ4v) is 2.39. The highest BCUT2D eigenvalue weighted by molar-refractivity contribution is 6.30. The van der Waals surface area contributed by atoms with Crippen molar-refractivity contribution in [2.24, 2.45) is 0 Å². The number of carbonyl (C=O) groups is 2. The molecule has 0 aliphatic carbocycles. The third-order valence-corrected chi connectivity index (χ3v) is 3.58. The molecule has 0 saturated heterocycles. The minimum Gasteiger partial charge on any atom is -0.486 e. The fourth-order valence-electron chi connectivity index (χ4n) is 2.20. The quantitative estimate of drug-likeness (QED) is 0.779. The largest absolute Gasteiger partial charge is 0.486 e. The van der Waals surface area contributed by atoms with Crippen LogP contribution in [-0.2, 0) is 14.3 Å². The summed E-state index contributed by atoms with van der Waals surface area (Å²) in [6, 6.07) is 11.6. The topological polar surface area (TPSA) is 83.1 Å². The van der Waals surface area contributed by atoms with Gasteiger partial charge in [-0.25, -0.2) is 4.79 Å². The Morgan fingerprint density at radius 2 is 1.85 bits per heavy atom. The smallest absolute Gasteiger partial charge is 0.344 e. The van der Waals surface area contributed by atoms with Crippen molar-refractivity contribution in [3.63, 3.8) is 0 Å². The van der Waals surface area contributed by atoms with Crippen LogP contribution in [0.15, 0.2) is 42.5 Å². The Balaban J connectivity index is 1.43. The van der Waals surface area contributed by atoms with Crippen molar-refractivity contribution in [3.8, 4) is 17.2 Å². The number of hydrogen-bond acceptors (Lipinski definition) is 6. The first kappa shape index (κ1) is 17.9. The first-order valence-corrected chi connectivity index (χ1v) is 8.21. The maximum atomic E-state index is 11.9. The molecule has 1 heterocycles. The van der Waals surface area contributed by atoms with Gasteiger partial charge in [0.25, 0.3) is 5.91 Å². The minimum absolute atomic E-state index is 0.322. The Morgan fingerprint density at radius 1 is 1.04 bits per heavy atom. The van der Waals surface area contributed by atoms with Crippen molar-refractivity contribution < 1.29 is 28.5 Å². The van der Waals surface area contributed by atoms with Crippen molar-refractivity contribution >= 4 is 29.2 Å². The van der Waals surface area contributed by atoms with Crippen LogP contribution >= 0.6 is 11.6 Å². The molecule has 3 rings (SSSR count). The van der Waals surface area contributed by atoms with Crippen molar-refractivity contribution in [3.05, 3.63) is 47.5 Å². The normalized spacial score (nSPS) is 12.2. The first-order chi connectivity index (χ1) is 12.6. The molecule has 1 aliphatic rings. The summed E-state index contributed by atoms with van der Waals surface area (Å²) >= 11 is 5.82. The number of rotatable bonds is 6. The SMILES string of the molecule is O=C(COC(=O)COc1cccc(Cl)c1)Nc1ccc2c(c1)OCCO2. The average molecular weight is 378 g/mol. The number of anilines is 1. The number of benzene rings is 2. The Bertz CT molecular complexity index is 810. The number of halogens is 1. The maximum Gasteiger partial charge on any atom is 0.344 e. The number of hydrogen-bond donors (Lipinski definition) is 1. The zero-order chi connectivity index (χ0) is 18.4. The first-order valence-electron chi connectivity index (χ1n) is 7.83. The summed E-state index contributed by atoms with van der Waals surface area (Å²) in [5.41, 5.74) is 0.519. The van der Waals surface area contributed by atoms with Crippen LogP contribution in [0.25, 0.3) is 0 Å². The van der Waals surface area contributed by atoms with E-state index in [0.29, 0.717) is 41.2 Å². The molecule has 0 aromatic heterocycles. The van der Waals surface area contributed by atoms with E-state index in [1.54, 1.807) is 42.5 Å². The molecular formula is C18H16ClNO6. The monoisotopic (exact) mass is 377 g/mol. The van der Waals surface area contributed by atoms with Gasteiger partial charge in [-0.05, 0) is 30.3 Å². The highest BCUT2D eigenvalue weighted by atomic mass is 35.5. The number of fused-ring (bicyclic) bond motifs is 1. The van der Waals surface area contributed by atoms with Crippen LogP contribution in [-0.4, -0.2) is 38.3 Å². The van der Waals surface area contributed by atoms with Crippen LogP contribution in [0.1, 0.15) is 0 Å². The van der Waals surface area contributed by atoms with E-state index in [4.69, 9.17) is 30.5 Å². The van der Waals surface area contributed by atoms with Crippen molar-refractivity contribution in [2.45, 2.75) is 0 Å². The summed E-state index contributed by atoms with van der Waals surface area (Å²) < 4.78 is 21.0. The van der Waals surface area contributed by atoms with Gasteiger partial charge in [-0.1, -0.05) is 17.7 Å². The lowest BCUT2D eigenvalue weighted by Crippen LogP contribution is -2.23. The summed E-state index contributed by atoms with van der Waals surface area (Å²) in [6.07, 6.45) is 0. The molecule has 0 saturated carbocycles. The second-order valence-electron chi connectivity index (χ2n) is 5.31. The van der Waals surface area contributed by atoms with Gasteiger partial charge in [-0.2, -0.15) is 0 Å². The van der Waals surface area contributed by atoms with E-state index < -0.39 is 18.5 Å². The van der Waals surface area contributed by atoms with Crippen molar-refractivity contribution in [1.29, 1.82) is 0 Å². The maximum absolute atomic E-state index is 11.9. The summed E-state index contributed by atoms with van der Waals surface area (Å²) in [7, 11) is 0. The van der Waals surface area contributed by atoms with Crippen molar-refractivity contribution in [2.75, 3.05) is 31.7 Å². The van der Waals surface area contributed by atoms with Crippen LogP contribution in [0.4, 0.5) is 5.69 Å². The molecule has 2 aromatic rings. The molecule has 136 valence electrons. The summed E-state index contributed by atoms with van der Waals surface area (Å²) in [4.78, 5) is 23.5. The second kappa shape index (κ2) is 8.44. The van der Waals surface area contributed by atoms with E-state index in [2.05, 4.69) is 5.32 Å².